The summed E-state index contributed by atoms with van der Waals surface area (Å²) in [5.74, 6) is 0.426. The molecule has 0 aliphatic carbocycles. The van der Waals surface area contributed by atoms with Gasteiger partial charge in [-0.15, -0.1) is 11.3 Å². The number of carbonyl (C=O) groups is 2. The second kappa shape index (κ2) is 10.5. The number of fused-ring (bicyclic) bond motifs is 1. The Bertz CT molecular complexity index is 1440. The van der Waals surface area contributed by atoms with Crippen LogP contribution in [0.15, 0.2) is 41.1 Å². The first-order chi connectivity index (χ1) is 17.8. The third kappa shape index (κ3) is 5.63. The number of likely N-dealkylation sites (tertiary alicyclic amines) is 1. The van der Waals surface area contributed by atoms with Crippen LogP contribution in [0.3, 0.4) is 0 Å². The molecule has 0 unspecified atom stereocenters. The third-order valence-corrected chi connectivity index (χ3v) is 7.68. The second-order valence-electron chi connectivity index (χ2n) is 9.23. The quantitative estimate of drug-likeness (QED) is 0.308. The average molecular weight is 544 g/mol. The predicted octanol–water partition coefficient (Wildman–Crippen LogP) is 5.11. The molecular weight excluding hydrogens is 518 g/mol. The van der Waals surface area contributed by atoms with E-state index in [9.17, 15) is 9.59 Å². The molecule has 0 spiro atoms. The van der Waals surface area contributed by atoms with Crippen molar-refractivity contribution in [1.82, 2.24) is 24.9 Å². The molecule has 5 rings (SSSR count). The van der Waals surface area contributed by atoms with Crippen molar-refractivity contribution in [3.05, 3.63) is 52.3 Å². The number of pyridine rings is 1. The van der Waals surface area contributed by atoms with Crippen molar-refractivity contribution in [2.45, 2.75) is 45.3 Å². The Morgan fingerprint density at radius 1 is 1.27 bits per heavy atom. The minimum atomic E-state index is -1.44. The summed E-state index contributed by atoms with van der Waals surface area (Å²) in [6.45, 7) is 6.44. The molecule has 5 heterocycles. The molecule has 1 fully saturated rings. The number of ether oxygens (including phenoxy) is 1. The van der Waals surface area contributed by atoms with E-state index in [0.29, 0.717) is 38.6 Å². The van der Waals surface area contributed by atoms with Gasteiger partial charge in [-0.1, -0.05) is 16.8 Å². The summed E-state index contributed by atoms with van der Waals surface area (Å²) in [6, 6.07) is 9.23. The van der Waals surface area contributed by atoms with E-state index in [1.54, 1.807) is 28.8 Å². The van der Waals surface area contributed by atoms with Crippen molar-refractivity contribution in [2.24, 2.45) is 0 Å². The fraction of sp³-hybridized carbons (Fsp3) is 0.360. The Morgan fingerprint density at radius 3 is 2.73 bits per heavy atom. The molecule has 37 heavy (non-hydrogen) atoms. The van der Waals surface area contributed by atoms with E-state index < -0.39 is 6.16 Å². The number of thiophene rings is 1. The minimum absolute atomic E-state index is 0.0649. The predicted molar refractivity (Wildman–Crippen MR) is 140 cm³/mol. The van der Waals surface area contributed by atoms with E-state index >= 15 is 0 Å². The Labute approximate surface area is 221 Å². The van der Waals surface area contributed by atoms with Gasteiger partial charge in [-0.25, -0.2) is 9.78 Å². The summed E-state index contributed by atoms with van der Waals surface area (Å²) in [4.78, 5) is 32.1. The molecule has 1 saturated heterocycles. The SMILES string of the molecule is CC(C)N1CCC(NC(=O)c2cc3cc(OC(=O)O)cnc3n2Cc2cc(-c3ccc(Cl)s3)on2)CC1. The number of nitrogens with zero attached hydrogens (tertiary/aromatic N) is 4. The highest BCUT2D eigenvalue weighted by atomic mass is 35.5. The third-order valence-electron chi connectivity index (χ3n) is 6.44. The Balaban J connectivity index is 1.43. The van der Waals surface area contributed by atoms with Crippen LogP contribution < -0.4 is 10.1 Å². The average Bonchev–Trinajstić information content (AvgIpc) is 3.58. The molecular formula is C25H26ClN5O5S. The highest BCUT2D eigenvalue weighted by molar-refractivity contribution is 7.19. The van der Waals surface area contributed by atoms with Gasteiger partial charge >= 0.3 is 6.16 Å². The standard InChI is InChI=1S/C25H26ClN5O5S/c1-14(2)30-7-5-16(6-8-30)28-24(32)19-10-15-9-18(35-25(33)34)12-27-23(15)31(19)13-17-11-20(36-29-17)21-3-4-22(26)37-21/h3-4,9-12,14,16H,5-8,13H2,1-2H3,(H,28,32)(H,33,34). The van der Waals surface area contributed by atoms with Crippen LogP contribution in [0.5, 0.6) is 5.75 Å². The first-order valence-corrected chi connectivity index (χ1v) is 13.1. The van der Waals surface area contributed by atoms with Gasteiger partial charge in [-0.3, -0.25) is 4.79 Å². The highest BCUT2D eigenvalue weighted by Gasteiger charge is 2.25. The monoisotopic (exact) mass is 543 g/mol. The molecule has 1 amide bonds. The van der Waals surface area contributed by atoms with Gasteiger partial charge in [0.15, 0.2) is 11.5 Å². The van der Waals surface area contributed by atoms with Crippen molar-refractivity contribution in [1.29, 1.82) is 0 Å². The zero-order chi connectivity index (χ0) is 26.1. The summed E-state index contributed by atoms with van der Waals surface area (Å²) < 4.78 is 12.7. The smallest absolute Gasteiger partial charge is 0.449 e. The number of hydrogen-bond acceptors (Lipinski definition) is 8. The van der Waals surface area contributed by atoms with Crippen molar-refractivity contribution < 1.29 is 24.0 Å². The fourth-order valence-electron chi connectivity index (χ4n) is 4.56. The lowest BCUT2D eigenvalue weighted by atomic mass is 10.0. The summed E-state index contributed by atoms with van der Waals surface area (Å²) in [5, 5.41) is 16.9. The van der Waals surface area contributed by atoms with Crippen LogP contribution in [0.1, 0.15) is 42.9 Å². The minimum Gasteiger partial charge on any atom is -0.449 e. The first-order valence-electron chi connectivity index (χ1n) is 11.9. The Kier molecular flexibility index (Phi) is 7.18. The van der Waals surface area contributed by atoms with Crippen molar-refractivity contribution in [3.8, 4) is 16.4 Å². The first kappa shape index (κ1) is 25.2. The van der Waals surface area contributed by atoms with Gasteiger partial charge in [-0.2, -0.15) is 0 Å². The molecule has 1 aliphatic heterocycles. The Hall–Kier alpha value is -3.41. The topological polar surface area (TPSA) is 123 Å². The molecule has 0 aromatic carbocycles. The van der Waals surface area contributed by atoms with Crippen molar-refractivity contribution >= 4 is 46.0 Å². The van der Waals surface area contributed by atoms with Crippen LogP contribution in [-0.4, -0.2) is 61.9 Å². The normalized spacial score (nSPS) is 14.9. The number of carbonyl (C=O) groups excluding carboxylic acids is 1. The van der Waals surface area contributed by atoms with E-state index in [1.165, 1.54) is 17.5 Å². The van der Waals surface area contributed by atoms with Crippen LogP contribution in [-0.2, 0) is 6.54 Å². The maximum absolute atomic E-state index is 13.4. The van der Waals surface area contributed by atoms with E-state index in [2.05, 4.69) is 34.2 Å². The number of aromatic nitrogens is 3. The molecule has 0 radical (unpaired) electrons. The van der Waals surface area contributed by atoms with E-state index in [-0.39, 0.29) is 24.2 Å². The van der Waals surface area contributed by atoms with Gasteiger partial charge in [-0.05, 0) is 51.0 Å². The van der Waals surface area contributed by atoms with Gasteiger partial charge < -0.3 is 29.2 Å². The van der Waals surface area contributed by atoms with Crippen LogP contribution in [0.2, 0.25) is 4.34 Å². The lowest BCUT2D eigenvalue weighted by Crippen LogP contribution is -2.46. The Morgan fingerprint density at radius 2 is 2.05 bits per heavy atom. The number of hydrogen-bond donors (Lipinski definition) is 2. The van der Waals surface area contributed by atoms with Crippen LogP contribution in [0.4, 0.5) is 4.79 Å². The van der Waals surface area contributed by atoms with Gasteiger partial charge in [0.05, 0.1) is 22.0 Å². The molecule has 194 valence electrons. The lowest BCUT2D eigenvalue weighted by molar-refractivity contribution is 0.0892. The summed E-state index contributed by atoms with van der Waals surface area (Å²) in [5.41, 5.74) is 1.50. The molecule has 12 heteroatoms. The number of amides is 1. The molecule has 4 aromatic rings. The maximum atomic E-state index is 13.4. The molecule has 1 aliphatic rings. The number of nitrogens with one attached hydrogen (secondary N) is 1. The van der Waals surface area contributed by atoms with Crippen LogP contribution in [0.25, 0.3) is 21.7 Å². The van der Waals surface area contributed by atoms with Crippen molar-refractivity contribution in [2.75, 3.05) is 13.1 Å². The van der Waals surface area contributed by atoms with Gasteiger partial charge in [0.1, 0.15) is 17.0 Å². The van der Waals surface area contributed by atoms with E-state index in [0.717, 1.165) is 30.8 Å². The maximum Gasteiger partial charge on any atom is 0.511 e. The van der Waals surface area contributed by atoms with Gasteiger partial charge in [0, 0.05) is 36.6 Å². The van der Waals surface area contributed by atoms with E-state index in [4.69, 9.17) is 26.0 Å². The van der Waals surface area contributed by atoms with Crippen LogP contribution >= 0.6 is 22.9 Å². The fourth-order valence-corrected chi connectivity index (χ4v) is 5.55. The summed E-state index contributed by atoms with van der Waals surface area (Å²) in [6.07, 6.45) is 1.62. The zero-order valence-electron chi connectivity index (χ0n) is 20.3. The number of rotatable bonds is 7. The number of piperidine rings is 1. The molecule has 2 N–H and O–H groups in total. The molecule has 10 nitrogen and oxygen atoms in total. The van der Waals surface area contributed by atoms with E-state index in [1.807, 2.05) is 6.07 Å². The molecule has 0 saturated carbocycles. The largest absolute Gasteiger partial charge is 0.511 e. The highest BCUT2D eigenvalue weighted by Crippen LogP contribution is 2.32. The second-order valence-corrected chi connectivity index (χ2v) is 10.9. The van der Waals surface area contributed by atoms with Crippen molar-refractivity contribution in [3.63, 3.8) is 0 Å². The van der Waals surface area contributed by atoms with Crippen LogP contribution in [0, 0.1) is 0 Å². The summed E-state index contributed by atoms with van der Waals surface area (Å²) >= 11 is 7.43. The molecule has 0 atom stereocenters. The van der Waals surface area contributed by atoms with Gasteiger partial charge in [0.2, 0.25) is 0 Å². The zero-order valence-corrected chi connectivity index (χ0v) is 21.9. The molecule has 0 bridgehead atoms. The summed E-state index contributed by atoms with van der Waals surface area (Å²) in [7, 11) is 0. The molecule has 4 aromatic heterocycles. The van der Waals surface area contributed by atoms with Gasteiger partial charge in [0.25, 0.3) is 5.91 Å². The number of halogens is 1. The lowest BCUT2D eigenvalue weighted by Gasteiger charge is -2.34. The number of carboxylic acid groups (broad SMARTS) is 1.